The largest absolute Gasteiger partial charge is 0.466 e. The van der Waals surface area contributed by atoms with Crippen molar-refractivity contribution in [1.29, 1.82) is 0 Å². The SMILES string of the molecule is COC(=O)/C=C/[C@H]1CCOC1. The molecule has 0 amide bonds. The maximum atomic E-state index is 10.6. The van der Waals surface area contributed by atoms with Crippen LogP contribution in [0, 0.1) is 5.92 Å². The van der Waals surface area contributed by atoms with Crippen LogP contribution in [0.5, 0.6) is 0 Å². The first-order valence-corrected chi connectivity index (χ1v) is 3.67. The van der Waals surface area contributed by atoms with E-state index in [4.69, 9.17) is 4.74 Å². The Balaban J connectivity index is 2.27. The fourth-order valence-electron chi connectivity index (χ4n) is 0.987. The van der Waals surface area contributed by atoms with E-state index >= 15 is 0 Å². The van der Waals surface area contributed by atoms with Crippen molar-refractivity contribution in [2.24, 2.45) is 5.92 Å². The van der Waals surface area contributed by atoms with Gasteiger partial charge in [0.2, 0.25) is 0 Å². The summed E-state index contributed by atoms with van der Waals surface area (Å²) in [6.45, 7) is 1.53. The Morgan fingerprint density at radius 3 is 3.09 bits per heavy atom. The summed E-state index contributed by atoms with van der Waals surface area (Å²) in [5, 5.41) is 0. The summed E-state index contributed by atoms with van der Waals surface area (Å²) in [4.78, 5) is 10.6. The molecule has 1 aliphatic rings. The predicted octanol–water partition coefficient (Wildman–Crippen LogP) is 0.752. The molecule has 0 aromatic rings. The summed E-state index contributed by atoms with van der Waals surface area (Å²) in [6.07, 6.45) is 4.31. The fraction of sp³-hybridized carbons (Fsp3) is 0.625. The number of rotatable bonds is 2. The van der Waals surface area contributed by atoms with E-state index < -0.39 is 0 Å². The average molecular weight is 156 g/mol. The summed E-state index contributed by atoms with van der Waals surface area (Å²) in [5.74, 6) is 0.103. The number of esters is 1. The fourth-order valence-corrected chi connectivity index (χ4v) is 0.987. The molecule has 0 spiro atoms. The van der Waals surface area contributed by atoms with Gasteiger partial charge in [0.15, 0.2) is 0 Å². The number of carbonyl (C=O) groups is 1. The highest BCUT2D eigenvalue weighted by atomic mass is 16.5. The second-order valence-corrected chi connectivity index (χ2v) is 2.51. The van der Waals surface area contributed by atoms with Gasteiger partial charge in [0.05, 0.1) is 13.7 Å². The van der Waals surface area contributed by atoms with Crippen LogP contribution in [0.3, 0.4) is 0 Å². The van der Waals surface area contributed by atoms with Crippen LogP contribution < -0.4 is 0 Å². The van der Waals surface area contributed by atoms with E-state index in [1.54, 1.807) is 0 Å². The van der Waals surface area contributed by atoms with Crippen molar-refractivity contribution in [1.82, 2.24) is 0 Å². The molecular weight excluding hydrogens is 144 g/mol. The van der Waals surface area contributed by atoms with Gasteiger partial charge in [-0.15, -0.1) is 0 Å². The molecule has 1 atom stereocenters. The van der Waals surface area contributed by atoms with Gasteiger partial charge < -0.3 is 9.47 Å². The lowest BCUT2D eigenvalue weighted by Gasteiger charge is -1.96. The number of methoxy groups -OCH3 is 1. The lowest BCUT2D eigenvalue weighted by atomic mass is 10.1. The van der Waals surface area contributed by atoms with E-state index in [0.29, 0.717) is 5.92 Å². The molecule has 0 N–H and O–H groups in total. The molecule has 1 aliphatic heterocycles. The number of ether oxygens (including phenoxy) is 2. The number of hydrogen-bond acceptors (Lipinski definition) is 3. The highest BCUT2D eigenvalue weighted by molar-refractivity contribution is 5.81. The van der Waals surface area contributed by atoms with E-state index in [1.165, 1.54) is 13.2 Å². The molecule has 0 saturated carbocycles. The maximum absolute atomic E-state index is 10.6. The third kappa shape index (κ3) is 2.72. The minimum atomic E-state index is -0.295. The Kier molecular flexibility index (Phi) is 3.11. The Bertz CT molecular complexity index is 157. The average Bonchev–Trinajstić information content (AvgIpc) is 2.52. The van der Waals surface area contributed by atoms with Gasteiger partial charge in [-0.2, -0.15) is 0 Å². The zero-order chi connectivity index (χ0) is 8.10. The van der Waals surface area contributed by atoms with Gasteiger partial charge in [0.1, 0.15) is 0 Å². The van der Waals surface area contributed by atoms with Crippen LogP contribution in [-0.2, 0) is 14.3 Å². The molecule has 0 aliphatic carbocycles. The monoisotopic (exact) mass is 156 g/mol. The molecule has 0 unspecified atom stereocenters. The van der Waals surface area contributed by atoms with Gasteiger partial charge in [0.25, 0.3) is 0 Å². The van der Waals surface area contributed by atoms with Gasteiger partial charge in [-0.25, -0.2) is 4.79 Å². The van der Waals surface area contributed by atoms with Gasteiger partial charge >= 0.3 is 5.97 Å². The van der Waals surface area contributed by atoms with Crippen LogP contribution in [0.15, 0.2) is 12.2 Å². The predicted molar refractivity (Wildman–Crippen MR) is 40.1 cm³/mol. The third-order valence-electron chi connectivity index (χ3n) is 1.67. The second-order valence-electron chi connectivity index (χ2n) is 2.51. The van der Waals surface area contributed by atoms with Crippen molar-refractivity contribution in [3.05, 3.63) is 12.2 Å². The van der Waals surface area contributed by atoms with Gasteiger partial charge in [0, 0.05) is 18.6 Å². The van der Waals surface area contributed by atoms with E-state index in [1.807, 2.05) is 6.08 Å². The molecule has 1 rings (SSSR count). The maximum Gasteiger partial charge on any atom is 0.330 e. The molecule has 3 nitrogen and oxygen atoms in total. The molecular formula is C8H12O3. The summed E-state index contributed by atoms with van der Waals surface area (Å²) < 4.78 is 9.56. The van der Waals surface area contributed by atoms with Crippen molar-refractivity contribution in [2.45, 2.75) is 6.42 Å². The molecule has 0 aromatic heterocycles. The van der Waals surface area contributed by atoms with Crippen LogP contribution in [0.1, 0.15) is 6.42 Å². The first kappa shape index (κ1) is 8.27. The zero-order valence-corrected chi connectivity index (χ0v) is 6.58. The summed E-state index contributed by atoms with van der Waals surface area (Å²) >= 11 is 0. The standard InChI is InChI=1S/C8H12O3/c1-10-8(9)3-2-7-4-5-11-6-7/h2-3,7H,4-6H2,1H3/b3-2+/t7-/m0/s1. The Morgan fingerprint density at radius 1 is 1.73 bits per heavy atom. The van der Waals surface area contributed by atoms with Crippen LogP contribution in [0.2, 0.25) is 0 Å². The van der Waals surface area contributed by atoms with Crippen molar-refractivity contribution in [2.75, 3.05) is 20.3 Å². The quantitative estimate of drug-likeness (QED) is 0.437. The topological polar surface area (TPSA) is 35.5 Å². The van der Waals surface area contributed by atoms with Crippen LogP contribution in [0.25, 0.3) is 0 Å². The van der Waals surface area contributed by atoms with E-state index in [9.17, 15) is 4.79 Å². The summed E-state index contributed by atoms with van der Waals surface area (Å²) in [5.41, 5.74) is 0. The summed E-state index contributed by atoms with van der Waals surface area (Å²) in [7, 11) is 1.37. The van der Waals surface area contributed by atoms with E-state index in [0.717, 1.165) is 19.6 Å². The Morgan fingerprint density at radius 2 is 2.55 bits per heavy atom. The van der Waals surface area contributed by atoms with Crippen LogP contribution >= 0.6 is 0 Å². The zero-order valence-electron chi connectivity index (χ0n) is 6.58. The minimum Gasteiger partial charge on any atom is -0.466 e. The summed E-state index contributed by atoms with van der Waals surface area (Å²) in [6, 6.07) is 0. The van der Waals surface area contributed by atoms with Gasteiger partial charge in [-0.1, -0.05) is 6.08 Å². The van der Waals surface area contributed by atoms with Crippen molar-refractivity contribution in [3.8, 4) is 0 Å². The molecule has 11 heavy (non-hydrogen) atoms. The van der Waals surface area contributed by atoms with Crippen LogP contribution in [0.4, 0.5) is 0 Å². The molecule has 62 valence electrons. The van der Waals surface area contributed by atoms with Crippen LogP contribution in [-0.4, -0.2) is 26.3 Å². The molecule has 1 saturated heterocycles. The number of carbonyl (C=O) groups excluding carboxylic acids is 1. The first-order chi connectivity index (χ1) is 5.33. The second kappa shape index (κ2) is 4.13. The Hall–Kier alpha value is -0.830. The molecule has 0 aromatic carbocycles. The lowest BCUT2D eigenvalue weighted by Crippen LogP contribution is -1.98. The Labute approximate surface area is 66.0 Å². The van der Waals surface area contributed by atoms with Crippen molar-refractivity contribution in [3.63, 3.8) is 0 Å². The number of hydrogen-bond donors (Lipinski definition) is 0. The normalized spacial score (nSPS) is 24.3. The van der Waals surface area contributed by atoms with Crippen molar-refractivity contribution >= 4 is 5.97 Å². The smallest absolute Gasteiger partial charge is 0.330 e. The molecule has 1 fully saturated rings. The molecule has 3 heteroatoms. The van der Waals surface area contributed by atoms with Crippen molar-refractivity contribution < 1.29 is 14.3 Å². The van der Waals surface area contributed by atoms with E-state index in [2.05, 4.69) is 4.74 Å². The molecule has 0 radical (unpaired) electrons. The first-order valence-electron chi connectivity index (χ1n) is 3.67. The lowest BCUT2D eigenvalue weighted by molar-refractivity contribution is -0.134. The van der Waals surface area contributed by atoms with Gasteiger partial charge in [-0.3, -0.25) is 0 Å². The molecule has 0 bridgehead atoms. The van der Waals surface area contributed by atoms with Gasteiger partial charge in [-0.05, 0) is 6.42 Å². The third-order valence-corrected chi connectivity index (χ3v) is 1.67. The highest BCUT2D eigenvalue weighted by Crippen LogP contribution is 2.12. The highest BCUT2D eigenvalue weighted by Gasteiger charge is 2.11. The minimum absolute atomic E-state index is 0.295. The van der Waals surface area contributed by atoms with E-state index in [-0.39, 0.29) is 5.97 Å². The molecule has 1 heterocycles.